The predicted molar refractivity (Wildman–Crippen MR) is 137 cm³/mol. The molecule has 0 radical (unpaired) electrons. The number of hydrogen-bond donors (Lipinski definition) is 2. The van der Waals surface area contributed by atoms with E-state index in [0.29, 0.717) is 17.5 Å². The zero-order valence-electron chi connectivity index (χ0n) is 21.5. The number of methoxy groups -OCH3 is 1. The molecule has 38 heavy (non-hydrogen) atoms. The number of rotatable bonds is 8. The molecule has 0 aliphatic heterocycles. The number of pyridine rings is 2. The minimum atomic E-state index is -1.13. The number of nitrogens with zero attached hydrogens (tertiary/aromatic N) is 2. The lowest BCUT2D eigenvalue weighted by molar-refractivity contribution is 0.102. The van der Waals surface area contributed by atoms with E-state index in [1.165, 1.54) is 13.3 Å². The molecule has 1 fully saturated rings. The van der Waals surface area contributed by atoms with Gasteiger partial charge in [0.05, 0.1) is 24.1 Å². The number of hydrogen-bond acceptors (Lipinski definition) is 6. The van der Waals surface area contributed by atoms with E-state index in [1.807, 2.05) is 6.07 Å². The Morgan fingerprint density at radius 1 is 1.08 bits per heavy atom. The van der Waals surface area contributed by atoms with Gasteiger partial charge in [-0.2, -0.15) is 0 Å². The van der Waals surface area contributed by atoms with E-state index in [2.05, 4.69) is 29.1 Å². The molecule has 4 atom stereocenters. The van der Waals surface area contributed by atoms with Crippen molar-refractivity contribution >= 4 is 11.6 Å². The van der Waals surface area contributed by atoms with Crippen LogP contribution >= 0.6 is 0 Å². The van der Waals surface area contributed by atoms with Gasteiger partial charge >= 0.3 is 0 Å². The van der Waals surface area contributed by atoms with Gasteiger partial charge in [-0.25, -0.2) is 18.2 Å². The second-order valence-electron chi connectivity index (χ2n) is 9.69. The van der Waals surface area contributed by atoms with Crippen LogP contribution in [-0.4, -0.2) is 42.2 Å². The summed E-state index contributed by atoms with van der Waals surface area (Å²) in [6.07, 6.45) is 4.85. The van der Waals surface area contributed by atoms with Gasteiger partial charge in [-0.05, 0) is 66.5 Å². The summed E-state index contributed by atoms with van der Waals surface area (Å²) in [6.45, 7) is 4.49. The Morgan fingerprint density at radius 2 is 1.84 bits per heavy atom. The first-order valence-corrected chi connectivity index (χ1v) is 12.5. The van der Waals surface area contributed by atoms with Crippen LogP contribution in [0.15, 0.2) is 42.7 Å². The third-order valence-electron chi connectivity index (χ3n) is 7.24. The molecule has 4 unspecified atom stereocenters. The van der Waals surface area contributed by atoms with E-state index < -0.39 is 34.6 Å². The van der Waals surface area contributed by atoms with Gasteiger partial charge in [-0.3, -0.25) is 9.78 Å². The van der Waals surface area contributed by atoms with E-state index in [0.717, 1.165) is 42.7 Å². The van der Waals surface area contributed by atoms with E-state index in [-0.39, 0.29) is 36.6 Å². The highest BCUT2D eigenvalue weighted by atomic mass is 19.1. The first-order valence-electron chi connectivity index (χ1n) is 12.5. The Hall–Kier alpha value is -3.50. The molecule has 2 aromatic heterocycles. The lowest BCUT2D eigenvalue weighted by atomic mass is 9.71. The Balaban J connectivity index is 1.62. The standard InChI is InChI=1S/C28H31F3N4O3/c1-15-12-17(13-21(32)16(15)2)18-8-9-33-14-23(18)35-28(36)22-6-4-20(30)27(34-22)25-19(29)5-7-24(26(25)31)38-11-10-37-3/h4-9,14-17,21H,10-13,32H2,1-3H3,(H,35,36). The van der Waals surface area contributed by atoms with Crippen molar-refractivity contribution in [2.24, 2.45) is 17.6 Å². The van der Waals surface area contributed by atoms with Crippen molar-refractivity contribution in [2.75, 3.05) is 25.6 Å². The first kappa shape index (κ1) is 27.5. The van der Waals surface area contributed by atoms with Gasteiger partial charge in [-0.15, -0.1) is 0 Å². The fourth-order valence-corrected chi connectivity index (χ4v) is 4.87. The van der Waals surface area contributed by atoms with Crippen LogP contribution in [0.5, 0.6) is 5.75 Å². The van der Waals surface area contributed by atoms with Crippen LogP contribution in [0.25, 0.3) is 11.3 Å². The maximum atomic E-state index is 15.1. The van der Waals surface area contributed by atoms with Gasteiger partial charge in [-0.1, -0.05) is 13.8 Å². The number of aromatic nitrogens is 2. The molecule has 4 rings (SSSR count). The van der Waals surface area contributed by atoms with E-state index in [1.54, 1.807) is 6.20 Å². The SMILES string of the molecule is COCCOc1ccc(F)c(-c2nc(C(=O)Nc3cnccc3C3CC(C)C(C)C(N)C3)ccc2F)c1F. The zero-order valence-corrected chi connectivity index (χ0v) is 21.5. The van der Waals surface area contributed by atoms with Crippen LogP contribution in [0.2, 0.25) is 0 Å². The molecule has 0 bridgehead atoms. The molecule has 3 aromatic rings. The van der Waals surface area contributed by atoms with Crippen molar-refractivity contribution in [3.63, 3.8) is 0 Å². The van der Waals surface area contributed by atoms with Gasteiger partial charge in [0.15, 0.2) is 11.6 Å². The highest BCUT2D eigenvalue weighted by molar-refractivity contribution is 6.03. The van der Waals surface area contributed by atoms with Crippen molar-refractivity contribution in [1.29, 1.82) is 0 Å². The molecule has 1 saturated carbocycles. The summed E-state index contributed by atoms with van der Waals surface area (Å²) in [6, 6.07) is 6.02. The molecule has 7 nitrogen and oxygen atoms in total. The normalized spacial score (nSPS) is 21.2. The van der Waals surface area contributed by atoms with Crippen LogP contribution in [0.1, 0.15) is 48.7 Å². The van der Waals surface area contributed by atoms with Gasteiger partial charge in [0, 0.05) is 19.3 Å². The Kier molecular flexibility index (Phi) is 8.63. The van der Waals surface area contributed by atoms with Gasteiger partial charge < -0.3 is 20.5 Å². The molecule has 202 valence electrons. The topological polar surface area (TPSA) is 99.4 Å². The van der Waals surface area contributed by atoms with Crippen LogP contribution in [0.3, 0.4) is 0 Å². The van der Waals surface area contributed by atoms with E-state index >= 15 is 4.39 Å². The smallest absolute Gasteiger partial charge is 0.274 e. The third kappa shape index (κ3) is 5.81. The van der Waals surface area contributed by atoms with Crippen molar-refractivity contribution in [3.8, 4) is 17.0 Å². The molecular formula is C28H31F3N4O3. The molecule has 0 spiro atoms. The molecule has 10 heteroatoms. The van der Waals surface area contributed by atoms with Crippen molar-refractivity contribution in [2.45, 2.75) is 38.6 Å². The van der Waals surface area contributed by atoms with Crippen molar-refractivity contribution in [1.82, 2.24) is 9.97 Å². The monoisotopic (exact) mass is 528 g/mol. The van der Waals surface area contributed by atoms with E-state index in [9.17, 15) is 13.6 Å². The number of carbonyl (C=O) groups excluding carboxylic acids is 1. The Labute approximate surface area is 219 Å². The number of benzene rings is 1. The highest BCUT2D eigenvalue weighted by Crippen LogP contribution is 2.41. The molecule has 2 heterocycles. The van der Waals surface area contributed by atoms with Crippen LogP contribution in [-0.2, 0) is 4.74 Å². The summed E-state index contributed by atoms with van der Waals surface area (Å²) in [7, 11) is 1.45. The van der Waals surface area contributed by atoms with Crippen LogP contribution < -0.4 is 15.8 Å². The number of ether oxygens (including phenoxy) is 2. The van der Waals surface area contributed by atoms with Crippen molar-refractivity contribution < 1.29 is 27.4 Å². The minimum Gasteiger partial charge on any atom is -0.488 e. The summed E-state index contributed by atoms with van der Waals surface area (Å²) in [5.41, 5.74) is 6.15. The second-order valence-corrected chi connectivity index (χ2v) is 9.69. The fourth-order valence-electron chi connectivity index (χ4n) is 4.87. The number of halogens is 3. The van der Waals surface area contributed by atoms with Crippen LogP contribution in [0, 0.1) is 29.3 Å². The number of amides is 1. The number of anilines is 1. The summed E-state index contributed by atoms with van der Waals surface area (Å²) in [4.78, 5) is 21.3. The van der Waals surface area contributed by atoms with Gasteiger partial charge in [0.25, 0.3) is 5.91 Å². The van der Waals surface area contributed by atoms with Crippen LogP contribution in [0.4, 0.5) is 18.9 Å². The third-order valence-corrected chi connectivity index (χ3v) is 7.24. The molecule has 0 saturated heterocycles. The number of nitrogens with two attached hydrogens (primary N) is 1. The lowest BCUT2D eigenvalue weighted by Gasteiger charge is -2.37. The molecule has 1 amide bonds. The summed E-state index contributed by atoms with van der Waals surface area (Å²) in [5, 5.41) is 2.78. The molecule has 1 aromatic carbocycles. The van der Waals surface area contributed by atoms with Gasteiger partial charge in [0.2, 0.25) is 0 Å². The molecular weight excluding hydrogens is 497 g/mol. The average Bonchev–Trinajstić information content (AvgIpc) is 2.89. The van der Waals surface area contributed by atoms with E-state index in [4.69, 9.17) is 15.2 Å². The highest BCUT2D eigenvalue weighted by Gasteiger charge is 2.32. The lowest BCUT2D eigenvalue weighted by Crippen LogP contribution is -2.39. The maximum absolute atomic E-state index is 15.1. The predicted octanol–water partition coefficient (Wildman–Crippen LogP) is 5.32. The quantitative estimate of drug-likeness (QED) is 0.384. The van der Waals surface area contributed by atoms with Crippen molar-refractivity contribution in [3.05, 3.63) is 71.4 Å². The Morgan fingerprint density at radius 3 is 2.58 bits per heavy atom. The summed E-state index contributed by atoms with van der Waals surface area (Å²) < 4.78 is 54.7. The Bertz CT molecular complexity index is 1290. The number of nitrogens with one attached hydrogen (secondary N) is 1. The zero-order chi connectivity index (χ0) is 27.4. The largest absolute Gasteiger partial charge is 0.488 e. The maximum Gasteiger partial charge on any atom is 0.274 e. The first-order chi connectivity index (χ1) is 18.2. The summed E-state index contributed by atoms with van der Waals surface area (Å²) in [5.74, 6) is -3.21. The second kappa shape index (κ2) is 11.9. The molecule has 1 aliphatic rings. The molecule has 1 aliphatic carbocycles. The summed E-state index contributed by atoms with van der Waals surface area (Å²) >= 11 is 0. The van der Waals surface area contributed by atoms with Gasteiger partial charge in [0.1, 0.15) is 29.6 Å². The minimum absolute atomic E-state index is 0.00782. The number of carbonyl (C=O) groups is 1. The molecule has 3 N–H and O–H groups in total. The fraction of sp³-hybridized carbons (Fsp3) is 0.393. The average molecular weight is 529 g/mol.